The van der Waals surface area contributed by atoms with Crippen LogP contribution in [0.1, 0.15) is 6.42 Å². The number of ether oxygens (including phenoxy) is 2. The molecule has 2 N–H and O–H groups in total. The molecule has 112 valence electrons. The van der Waals surface area contributed by atoms with Gasteiger partial charge in [-0.3, -0.25) is 0 Å². The Morgan fingerprint density at radius 2 is 2.25 bits per heavy atom. The second kappa shape index (κ2) is 10.7. The first kappa shape index (κ1) is 17.0. The molecule has 0 radical (unpaired) electrons. The van der Waals surface area contributed by atoms with Gasteiger partial charge in [-0.25, -0.2) is 0 Å². The SMILES string of the molecule is C=CCCOCCNCC(O)COc1cccc(Cl)c1. The first-order chi connectivity index (χ1) is 9.72. The van der Waals surface area contributed by atoms with Crippen molar-refractivity contribution in [1.82, 2.24) is 5.32 Å². The lowest BCUT2D eigenvalue weighted by atomic mass is 10.3. The molecule has 1 atom stereocenters. The zero-order chi connectivity index (χ0) is 14.6. The van der Waals surface area contributed by atoms with Gasteiger partial charge in [0.1, 0.15) is 18.5 Å². The average Bonchev–Trinajstić information content (AvgIpc) is 2.44. The lowest BCUT2D eigenvalue weighted by Crippen LogP contribution is -2.33. The van der Waals surface area contributed by atoms with Gasteiger partial charge in [0.25, 0.3) is 0 Å². The monoisotopic (exact) mass is 299 g/mol. The molecule has 5 heteroatoms. The molecule has 0 aliphatic heterocycles. The molecule has 0 amide bonds. The van der Waals surface area contributed by atoms with Crippen molar-refractivity contribution in [2.45, 2.75) is 12.5 Å². The molecule has 0 heterocycles. The largest absolute Gasteiger partial charge is 0.491 e. The minimum atomic E-state index is -0.567. The zero-order valence-electron chi connectivity index (χ0n) is 11.6. The van der Waals surface area contributed by atoms with E-state index in [1.807, 2.05) is 12.1 Å². The van der Waals surface area contributed by atoms with Crippen molar-refractivity contribution in [2.24, 2.45) is 0 Å². The topological polar surface area (TPSA) is 50.7 Å². The molecule has 1 rings (SSSR count). The van der Waals surface area contributed by atoms with Crippen molar-refractivity contribution in [1.29, 1.82) is 0 Å². The first-order valence-electron chi connectivity index (χ1n) is 6.68. The summed E-state index contributed by atoms with van der Waals surface area (Å²) in [6.45, 7) is 6.32. The van der Waals surface area contributed by atoms with Gasteiger partial charge < -0.3 is 19.9 Å². The van der Waals surface area contributed by atoms with Crippen molar-refractivity contribution >= 4 is 11.6 Å². The molecular formula is C15H22ClNO3. The van der Waals surface area contributed by atoms with Gasteiger partial charge in [0.15, 0.2) is 0 Å². The lowest BCUT2D eigenvalue weighted by Gasteiger charge is -2.13. The Labute approximate surface area is 125 Å². The zero-order valence-corrected chi connectivity index (χ0v) is 12.3. The van der Waals surface area contributed by atoms with Gasteiger partial charge in [-0.15, -0.1) is 6.58 Å². The molecule has 20 heavy (non-hydrogen) atoms. The fraction of sp³-hybridized carbons (Fsp3) is 0.467. The Balaban J connectivity index is 2.03. The molecule has 1 aromatic carbocycles. The van der Waals surface area contributed by atoms with E-state index in [-0.39, 0.29) is 6.61 Å². The quantitative estimate of drug-likeness (QED) is 0.486. The number of hydrogen-bond donors (Lipinski definition) is 2. The molecule has 0 fully saturated rings. The summed E-state index contributed by atoms with van der Waals surface area (Å²) in [5, 5.41) is 13.5. The van der Waals surface area contributed by atoms with Crippen LogP contribution in [-0.4, -0.2) is 44.1 Å². The molecule has 0 saturated carbocycles. The Morgan fingerprint density at radius 3 is 3.00 bits per heavy atom. The molecule has 0 spiro atoms. The lowest BCUT2D eigenvalue weighted by molar-refractivity contribution is 0.0993. The van der Waals surface area contributed by atoms with Gasteiger partial charge in [-0.05, 0) is 24.6 Å². The Kier molecular flexibility index (Phi) is 9.07. The minimum absolute atomic E-state index is 0.227. The maximum atomic E-state index is 9.75. The maximum absolute atomic E-state index is 9.75. The highest BCUT2D eigenvalue weighted by Crippen LogP contribution is 2.17. The summed E-state index contributed by atoms with van der Waals surface area (Å²) in [4.78, 5) is 0. The van der Waals surface area contributed by atoms with Crippen LogP contribution in [0.25, 0.3) is 0 Å². The van der Waals surface area contributed by atoms with Crippen molar-refractivity contribution in [3.8, 4) is 5.75 Å². The van der Waals surface area contributed by atoms with E-state index in [0.29, 0.717) is 37.1 Å². The van der Waals surface area contributed by atoms with Gasteiger partial charge in [0.2, 0.25) is 0 Å². The molecule has 0 saturated heterocycles. The number of benzene rings is 1. The second-order valence-corrected chi connectivity index (χ2v) is 4.75. The van der Waals surface area contributed by atoms with E-state index in [9.17, 15) is 5.11 Å². The summed E-state index contributed by atoms with van der Waals surface area (Å²) in [7, 11) is 0. The third kappa shape index (κ3) is 8.17. The average molecular weight is 300 g/mol. The van der Waals surface area contributed by atoms with Gasteiger partial charge in [-0.1, -0.05) is 23.7 Å². The van der Waals surface area contributed by atoms with E-state index in [1.54, 1.807) is 18.2 Å². The van der Waals surface area contributed by atoms with Gasteiger partial charge >= 0.3 is 0 Å². The predicted molar refractivity (Wildman–Crippen MR) is 81.5 cm³/mol. The summed E-state index contributed by atoms with van der Waals surface area (Å²) in [5.41, 5.74) is 0. The smallest absolute Gasteiger partial charge is 0.120 e. The number of rotatable bonds is 11. The predicted octanol–water partition coefficient (Wildman–Crippen LogP) is 2.26. The van der Waals surface area contributed by atoms with Crippen LogP contribution in [0.5, 0.6) is 5.75 Å². The molecule has 4 nitrogen and oxygen atoms in total. The van der Waals surface area contributed by atoms with E-state index >= 15 is 0 Å². The fourth-order valence-corrected chi connectivity index (χ4v) is 1.67. The summed E-state index contributed by atoms with van der Waals surface area (Å²) < 4.78 is 10.8. The van der Waals surface area contributed by atoms with Crippen molar-refractivity contribution < 1.29 is 14.6 Å². The molecule has 1 unspecified atom stereocenters. The minimum Gasteiger partial charge on any atom is -0.491 e. The van der Waals surface area contributed by atoms with Crippen LogP contribution < -0.4 is 10.1 Å². The third-order valence-electron chi connectivity index (χ3n) is 2.51. The van der Waals surface area contributed by atoms with Crippen LogP contribution in [0.2, 0.25) is 5.02 Å². The number of nitrogens with one attached hydrogen (secondary N) is 1. The van der Waals surface area contributed by atoms with Gasteiger partial charge in [0.05, 0.1) is 13.2 Å². The number of aliphatic hydroxyl groups is 1. The highest BCUT2D eigenvalue weighted by Gasteiger charge is 2.04. The van der Waals surface area contributed by atoms with Crippen molar-refractivity contribution in [2.75, 3.05) is 32.9 Å². The summed E-state index contributed by atoms with van der Waals surface area (Å²) >= 11 is 5.84. The van der Waals surface area contributed by atoms with E-state index in [1.165, 1.54) is 0 Å². The van der Waals surface area contributed by atoms with E-state index in [0.717, 1.165) is 6.42 Å². The van der Waals surface area contributed by atoms with Gasteiger partial charge in [-0.2, -0.15) is 0 Å². The molecular weight excluding hydrogens is 278 g/mol. The molecule has 0 aromatic heterocycles. The highest BCUT2D eigenvalue weighted by molar-refractivity contribution is 6.30. The van der Waals surface area contributed by atoms with E-state index in [2.05, 4.69) is 11.9 Å². The number of hydrogen-bond acceptors (Lipinski definition) is 4. The van der Waals surface area contributed by atoms with Gasteiger partial charge in [0, 0.05) is 18.1 Å². The van der Waals surface area contributed by atoms with Crippen molar-refractivity contribution in [3.63, 3.8) is 0 Å². The molecule has 0 bridgehead atoms. The molecule has 0 aliphatic carbocycles. The Bertz CT molecular complexity index is 387. The highest BCUT2D eigenvalue weighted by atomic mass is 35.5. The summed E-state index contributed by atoms with van der Waals surface area (Å²) in [6.07, 6.45) is 2.11. The molecule has 0 aliphatic rings. The maximum Gasteiger partial charge on any atom is 0.120 e. The van der Waals surface area contributed by atoms with Crippen LogP contribution in [0.15, 0.2) is 36.9 Å². The van der Waals surface area contributed by atoms with Crippen LogP contribution >= 0.6 is 11.6 Å². The Hall–Kier alpha value is -1.07. The fourth-order valence-electron chi connectivity index (χ4n) is 1.49. The summed E-state index contributed by atoms with van der Waals surface area (Å²) in [5.74, 6) is 0.657. The normalized spacial score (nSPS) is 12.1. The first-order valence-corrected chi connectivity index (χ1v) is 7.06. The molecule has 1 aromatic rings. The van der Waals surface area contributed by atoms with Crippen LogP contribution in [0, 0.1) is 0 Å². The van der Waals surface area contributed by atoms with Crippen LogP contribution in [0.4, 0.5) is 0 Å². The Morgan fingerprint density at radius 1 is 1.40 bits per heavy atom. The number of halogens is 1. The van der Waals surface area contributed by atoms with Crippen molar-refractivity contribution in [3.05, 3.63) is 41.9 Å². The summed E-state index contributed by atoms with van der Waals surface area (Å²) in [6, 6.07) is 7.11. The van der Waals surface area contributed by atoms with E-state index < -0.39 is 6.10 Å². The van der Waals surface area contributed by atoms with E-state index in [4.69, 9.17) is 21.1 Å². The third-order valence-corrected chi connectivity index (χ3v) is 2.74. The second-order valence-electron chi connectivity index (χ2n) is 4.32. The van der Waals surface area contributed by atoms with Crippen LogP contribution in [0.3, 0.4) is 0 Å². The number of aliphatic hydroxyl groups excluding tert-OH is 1. The van der Waals surface area contributed by atoms with Crippen LogP contribution in [-0.2, 0) is 4.74 Å². The standard InChI is InChI=1S/C15H22ClNO3/c1-2-3-8-19-9-7-17-11-14(18)12-20-15-6-4-5-13(16)10-15/h2,4-6,10,14,17-18H,1,3,7-9,11-12H2.